The van der Waals surface area contributed by atoms with Gasteiger partial charge in [-0.05, 0) is 35.2 Å². The number of hydrogen-bond acceptors (Lipinski definition) is 3. The first-order valence-corrected chi connectivity index (χ1v) is 9.67. The highest BCUT2D eigenvalue weighted by molar-refractivity contribution is 5.94. The van der Waals surface area contributed by atoms with Gasteiger partial charge in [0.05, 0.1) is 7.11 Å². The molecule has 0 saturated carbocycles. The van der Waals surface area contributed by atoms with Crippen molar-refractivity contribution in [3.8, 4) is 5.75 Å². The number of nitrogens with zero attached hydrogens (tertiary/aromatic N) is 2. The highest BCUT2D eigenvalue weighted by Gasteiger charge is 2.30. The van der Waals surface area contributed by atoms with E-state index >= 15 is 0 Å². The summed E-state index contributed by atoms with van der Waals surface area (Å²) >= 11 is 0. The lowest BCUT2D eigenvalue weighted by Crippen LogP contribution is -2.51. The Morgan fingerprint density at radius 1 is 0.893 bits per heavy atom. The van der Waals surface area contributed by atoms with Crippen molar-refractivity contribution < 1.29 is 14.3 Å². The Hall–Kier alpha value is -2.82. The monoisotopic (exact) mass is 380 g/mol. The Morgan fingerprint density at radius 3 is 2.04 bits per heavy atom. The molecule has 0 spiro atoms. The van der Waals surface area contributed by atoms with Crippen molar-refractivity contribution in [3.63, 3.8) is 0 Å². The zero-order valence-corrected chi connectivity index (χ0v) is 16.9. The van der Waals surface area contributed by atoms with E-state index in [2.05, 4.69) is 26.0 Å². The molecule has 0 N–H and O–H groups in total. The maximum absolute atomic E-state index is 12.8. The fourth-order valence-electron chi connectivity index (χ4n) is 3.56. The predicted octanol–water partition coefficient (Wildman–Crippen LogP) is 3.35. The lowest BCUT2D eigenvalue weighted by molar-refractivity contribution is -0.133. The maximum atomic E-state index is 12.8. The number of ether oxygens (including phenoxy) is 1. The van der Waals surface area contributed by atoms with E-state index in [1.165, 1.54) is 0 Å². The smallest absolute Gasteiger partial charge is 0.253 e. The summed E-state index contributed by atoms with van der Waals surface area (Å²) in [6.07, 6.45) is 0.462. The number of rotatable bonds is 5. The molecule has 0 unspecified atom stereocenters. The number of methoxy groups -OCH3 is 1. The minimum absolute atomic E-state index is 0.000586. The molecule has 148 valence electrons. The fraction of sp³-hybridized carbons (Fsp3) is 0.391. The highest BCUT2D eigenvalue weighted by Crippen LogP contribution is 2.27. The minimum Gasteiger partial charge on any atom is -0.497 e. The van der Waals surface area contributed by atoms with Crippen LogP contribution in [0.5, 0.6) is 5.75 Å². The summed E-state index contributed by atoms with van der Waals surface area (Å²) in [6.45, 7) is 6.47. The van der Waals surface area contributed by atoms with Crippen LogP contribution >= 0.6 is 0 Å². The van der Waals surface area contributed by atoms with Gasteiger partial charge in [-0.25, -0.2) is 0 Å². The Kier molecular flexibility index (Phi) is 6.02. The van der Waals surface area contributed by atoms with Crippen molar-refractivity contribution in [1.29, 1.82) is 0 Å². The van der Waals surface area contributed by atoms with Gasteiger partial charge in [0.25, 0.3) is 5.91 Å². The van der Waals surface area contributed by atoms with Crippen LogP contribution in [0.15, 0.2) is 54.6 Å². The molecule has 28 heavy (non-hydrogen) atoms. The number of piperazine rings is 1. The van der Waals surface area contributed by atoms with Crippen LogP contribution in [0.4, 0.5) is 0 Å². The summed E-state index contributed by atoms with van der Waals surface area (Å²) in [5.41, 5.74) is 1.59. The molecule has 1 aliphatic rings. The van der Waals surface area contributed by atoms with Crippen LogP contribution in [0.3, 0.4) is 0 Å². The number of benzene rings is 2. The second-order valence-corrected chi connectivity index (χ2v) is 7.83. The van der Waals surface area contributed by atoms with E-state index in [0.717, 1.165) is 11.3 Å². The van der Waals surface area contributed by atoms with Crippen molar-refractivity contribution in [2.45, 2.75) is 25.7 Å². The lowest BCUT2D eigenvalue weighted by Gasteiger charge is -2.36. The van der Waals surface area contributed by atoms with E-state index in [1.54, 1.807) is 31.4 Å². The number of amides is 2. The van der Waals surface area contributed by atoms with Crippen molar-refractivity contribution >= 4 is 11.8 Å². The predicted molar refractivity (Wildman–Crippen MR) is 110 cm³/mol. The summed E-state index contributed by atoms with van der Waals surface area (Å²) in [7, 11) is 1.60. The third-order valence-electron chi connectivity index (χ3n) is 5.40. The summed E-state index contributed by atoms with van der Waals surface area (Å²) in [5.74, 6) is 0.873. The van der Waals surface area contributed by atoms with Gasteiger partial charge >= 0.3 is 0 Å². The average molecular weight is 380 g/mol. The highest BCUT2D eigenvalue weighted by atomic mass is 16.5. The van der Waals surface area contributed by atoms with Gasteiger partial charge in [-0.15, -0.1) is 0 Å². The lowest BCUT2D eigenvalue weighted by atomic mass is 9.81. The molecule has 0 bridgehead atoms. The molecule has 0 aromatic heterocycles. The average Bonchev–Trinajstić information content (AvgIpc) is 2.74. The Labute approximate surface area is 166 Å². The zero-order chi connectivity index (χ0) is 20.1. The molecule has 5 heteroatoms. The topological polar surface area (TPSA) is 49.9 Å². The Bertz CT molecular complexity index is 808. The van der Waals surface area contributed by atoms with Crippen molar-refractivity contribution in [2.75, 3.05) is 33.3 Å². The second kappa shape index (κ2) is 8.46. The van der Waals surface area contributed by atoms with Crippen LogP contribution in [-0.4, -0.2) is 54.9 Å². The third-order valence-corrected chi connectivity index (χ3v) is 5.40. The number of carbonyl (C=O) groups is 2. The van der Waals surface area contributed by atoms with Crippen LogP contribution in [-0.2, 0) is 10.2 Å². The van der Waals surface area contributed by atoms with E-state index in [4.69, 9.17) is 4.74 Å². The first-order valence-electron chi connectivity index (χ1n) is 9.67. The minimum atomic E-state index is -0.214. The fourth-order valence-corrected chi connectivity index (χ4v) is 3.56. The molecule has 5 nitrogen and oxygen atoms in total. The van der Waals surface area contributed by atoms with Crippen LogP contribution in [0.2, 0.25) is 0 Å². The number of carbonyl (C=O) groups excluding carboxylic acids is 2. The second-order valence-electron chi connectivity index (χ2n) is 7.83. The molecule has 2 aromatic rings. The molecule has 0 aliphatic carbocycles. The van der Waals surface area contributed by atoms with Crippen molar-refractivity contribution in [1.82, 2.24) is 9.80 Å². The summed E-state index contributed by atoms with van der Waals surface area (Å²) in [5, 5.41) is 0. The Morgan fingerprint density at radius 2 is 1.46 bits per heavy atom. The van der Waals surface area contributed by atoms with E-state index in [-0.39, 0.29) is 17.2 Å². The normalized spacial score (nSPS) is 14.7. The summed E-state index contributed by atoms with van der Waals surface area (Å²) in [6, 6.07) is 17.3. The van der Waals surface area contributed by atoms with Crippen LogP contribution in [0.1, 0.15) is 36.2 Å². The van der Waals surface area contributed by atoms with E-state index in [9.17, 15) is 9.59 Å². The van der Waals surface area contributed by atoms with E-state index in [0.29, 0.717) is 38.2 Å². The molecule has 2 amide bonds. The van der Waals surface area contributed by atoms with Gasteiger partial charge in [0.15, 0.2) is 0 Å². The molecule has 0 atom stereocenters. The van der Waals surface area contributed by atoms with Crippen LogP contribution in [0.25, 0.3) is 0 Å². The first-order chi connectivity index (χ1) is 13.4. The molecule has 1 aliphatic heterocycles. The largest absolute Gasteiger partial charge is 0.497 e. The maximum Gasteiger partial charge on any atom is 0.253 e. The summed E-state index contributed by atoms with van der Waals surface area (Å²) < 4.78 is 5.14. The van der Waals surface area contributed by atoms with Crippen LogP contribution < -0.4 is 4.74 Å². The number of hydrogen-bond donors (Lipinski definition) is 0. The van der Waals surface area contributed by atoms with E-state index < -0.39 is 0 Å². The zero-order valence-electron chi connectivity index (χ0n) is 16.9. The third kappa shape index (κ3) is 4.53. The molecule has 2 aromatic carbocycles. The van der Waals surface area contributed by atoms with Gasteiger partial charge in [0.2, 0.25) is 5.91 Å². The molecular formula is C23H28N2O3. The standard InChI is InChI=1S/C23H28N2O3/c1-23(2,19-7-5-4-6-8-19)17-21(26)24-13-15-25(16-14-24)22(27)18-9-11-20(28-3)12-10-18/h4-12H,13-17H2,1-3H3. The molecule has 1 saturated heterocycles. The van der Waals surface area contributed by atoms with Gasteiger partial charge in [0, 0.05) is 38.2 Å². The molecule has 1 heterocycles. The van der Waals surface area contributed by atoms with Crippen LogP contribution in [0, 0.1) is 0 Å². The van der Waals surface area contributed by atoms with Gasteiger partial charge < -0.3 is 14.5 Å². The molecule has 1 fully saturated rings. The van der Waals surface area contributed by atoms with Gasteiger partial charge in [-0.1, -0.05) is 44.2 Å². The molecular weight excluding hydrogens is 352 g/mol. The van der Waals surface area contributed by atoms with Crippen molar-refractivity contribution in [2.24, 2.45) is 0 Å². The van der Waals surface area contributed by atoms with Gasteiger partial charge in [0.1, 0.15) is 5.75 Å². The van der Waals surface area contributed by atoms with Gasteiger partial charge in [-0.3, -0.25) is 9.59 Å². The SMILES string of the molecule is COc1ccc(C(=O)N2CCN(C(=O)CC(C)(C)c3ccccc3)CC2)cc1. The van der Waals surface area contributed by atoms with Crippen molar-refractivity contribution in [3.05, 3.63) is 65.7 Å². The molecule has 0 radical (unpaired) electrons. The van der Waals surface area contributed by atoms with E-state index in [1.807, 2.05) is 28.0 Å². The quantitative estimate of drug-likeness (QED) is 0.799. The first kappa shape index (κ1) is 19.9. The van der Waals surface area contributed by atoms with Gasteiger partial charge in [-0.2, -0.15) is 0 Å². The molecule has 3 rings (SSSR count). The Balaban J connectivity index is 1.55. The summed E-state index contributed by atoms with van der Waals surface area (Å²) in [4.78, 5) is 29.2.